The predicted molar refractivity (Wildman–Crippen MR) is 101 cm³/mol. The van der Waals surface area contributed by atoms with E-state index in [0.717, 1.165) is 35.2 Å². The molecule has 0 saturated heterocycles. The van der Waals surface area contributed by atoms with Gasteiger partial charge in [-0.2, -0.15) is 5.26 Å². The summed E-state index contributed by atoms with van der Waals surface area (Å²) >= 11 is 0. The first kappa shape index (κ1) is 19.2. The number of hydrogen-bond donors (Lipinski definition) is 2. The van der Waals surface area contributed by atoms with Gasteiger partial charge in [0.25, 0.3) is 5.91 Å². The summed E-state index contributed by atoms with van der Waals surface area (Å²) < 4.78 is 13.2. The number of anilines is 1. The molecule has 0 radical (unpaired) electrons. The molecule has 0 spiro atoms. The van der Waals surface area contributed by atoms with Crippen LogP contribution < -0.4 is 10.6 Å². The first-order chi connectivity index (χ1) is 12.6. The maximum atomic E-state index is 13.2. The molecule has 5 heteroatoms. The Balaban J connectivity index is 2.10. The summed E-state index contributed by atoms with van der Waals surface area (Å²) in [6, 6.07) is 13.9. The molecule has 0 aromatic heterocycles. The highest BCUT2D eigenvalue weighted by molar-refractivity contribution is 6.07. The molecular weight excluding hydrogens is 329 g/mol. The summed E-state index contributed by atoms with van der Waals surface area (Å²) in [6.07, 6.45) is 2.93. The van der Waals surface area contributed by atoms with Crippen molar-refractivity contribution in [2.45, 2.75) is 33.2 Å². The van der Waals surface area contributed by atoms with Crippen LogP contribution in [0.4, 0.5) is 10.1 Å². The lowest BCUT2D eigenvalue weighted by molar-refractivity contribution is -0.112. The highest BCUT2D eigenvalue weighted by Crippen LogP contribution is 2.23. The first-order valence-corrected chi connectivity index (χ1v) is 8.59. The Bertz CT molecular complexity index is 830. The largest absolute Gasteiger partial charge is 0.386 e. The number of nitriles is 1. The van der Waals surface area contributed by atoms with Crippen LogP contribution in [-0.4, -0.2) is 5.91 Å². The molecule has 2 aromatic rings. The number of nitrogens with zero attached hydrogens (tertiary/aromatic N) is 1. The molecule has 134 valence electrons. The van der Waals surface area contributed by atoms with E-state index in [-0.39, 0.29) is 11.4 Å². The fraction of sp³-hybridized carbons (Fsp3) is 0.238. The van der Waals surface area contributed by atoms with Crippen LogP contribution in [0.25, 0.3) is 0 Å². The number of halogens is 1. The predicted octanol–water partition coefficient (Wildman–Crippen LogP) is 4.09. The second kappa shape index (κ2) is 9.38. The maximum Gasteiger partial charge on any atom is 0.267 e. The Morgan fingerprint density at radius 2 is 1.81 bits per heavy atom. The van der Waals surface area contributed by atoms with Crippen molar-refractivity contribution in [3.63, 3.8) is 0 Å². The van der Waals surface area contributed by atoms with Crippen LogP contribution in [0, 0.1) is 17.1 Å². The average Bonchev–Trinajstić information content (AvgIpc) is 2.65. The third-order valence-corrected chi connectivity index (χ3v) is 4.04. The van der Waals surface area contributed by atoms with E-state index in [1.54, 1.807) is 12.1 Å². The Morgan fingerprint density at radius 1 is 1.15 bits per heavy atom. The highest BCUT2D eigenvalue weighted by atomic mass is 19.1. The number of nitrogens with one attached hydrogen (secondary N) is 2. The summed E-state index contributed by atoms with van der Waals surface area (Å²) in [5, 5.41) is 15.0. The number of benzene rings is 2. The van der Waals surface area contributed by atoms with Crippen molar-refractivity contribution >= 4 is 11.6 Å². The molecule has 1 amide bonds. The molecule has 0 aliphatic carbocycles. The van der Waals surface area contributed by atoms with Crippen LogP contribution in [0.5, 0.6) is 0 Å². The minimum atomic E-state index is -0.463. The Labute approximate surface area is 153 Å². The lowest BCUT2D eigenvalue weighted by Crippen LogP contribution is -2.18. The van der Waals surface area contributed by atoms with Crippen LogP contribution >= 0.6 is 0 Å². The minimum Gasteiger partial charge on any atom is -0.386 e. The van der Waals surface area contributed by atoms with Crippen molar-refractivity contribution in [2.75, 3.05) is 5.32 Å². The van der Waals surface area contributed by atoms with Gasteiger partial charge in [-0.05, 0) is 41.7 Å². The van der Waals surface area contributed by atoms with E-state index < -0.39 is 5.91 Å². The number of hydrogen-bond acceptors (Lipinski definition) is 3. The van der Waals surface area contributed by atoms with Crippen LogP contribution in [0.15, 0.2) is 54.2 Å². The molecule has 0 fully saturated rings. The van der Waals surface area contributed by atoms with Gasteiger partial charge in [-0.25, -0.2) is 4.39 Å². The number of amides is 1. The second-order valence-electron chi connectivity index (χ2n) is 5.79. The van der Waals surface area contributed by atoms with Crippen molar-refractivity contribution in [1.82, 2.24) is 5.32 Å². The molecule has 0 aliphatic heterocycles. The molecule has 26 heavy (non-hydrogen) atoms. The van der Waals surface area contributed by atoms with Crippen LogP contribution in [0.1, 0.15) is 30.5 Å². The van der Waals surface area contributed by atoms with Crippen molar-refractivity contribution in [3.8, 4) is 6.07 Å². The van der Waals surface area contributed by atoms with Gasteiger partial charge in [0.15, 0.2) is 0 Å². The Hall–Kier alpha value is -3.13. The third kappa shape index (κ3) is 4.93. The molecule has 0 bridgehead atoms. The van der Waals surface area contributed by atoms with Gasteiger partial charge in [0, 0.05) is 18.4 Å². The zero-order valence-corrected chi connectivity index (χ0v) is 15.0. The molecule has 0 aliphatic rings. The zero-order chi connectivity index (χ0) is 18.9. The molecule has 2 rings (SSSR count). The van der Waals surface area contributed by atoms with Crippen LogP contribution in [0.2, 0.25) is 0 Å². The highest BCUT2D eigenvalue weighted by Gasteiger charge is 2.13. The molecular formula is C21H22FN3O. The fourth-order valence-electron chi connectivity index (χ4n) is 2.65. The second-order valence-corrected chi connectivity index (χ2v) is 5.79. The van der Waals surface area contributed by atoms with E-state index in [1.807, 2.05) is 38.1 Å². The van der Waals surface area contributed by atoms with Gasteiger partial charge in [-0.15, -0.1) is 0 Å². The SMILES string of the molecule is CCc1cccc(CC)c1NC(=O)/C(C#N)=C\NCc1cccc(F)c1. The number of carbonyl (C=O) groups excluding carboxylic acids is 1. The van der Waals surface area contributed by atoms with Crippen molar-refractivity contribution in [2.24, 2.45) is 0 Å². The number of para-hydroxylation sites is 1. The van der Waals surface area contributed by atoms with Gasteiger partial charge in [0.2, 0.25) is 0 Å². The Kier molecular flexibility index (Phi) is 6.92. The molecule has 0 unspecified atom stereocenters. The van der Waals surface area contributed by atoms with Crippen LogP contribution in [-0.2, 0) is 24.2 Å². The van der Waals surface area contributed by atoms with E-state index in [0.29, 0.717) is 6.54 Å². The maximum absolute atomic E-state index is 13.2. The van der Waals surface area contributed by atoms with E-state index in [2.05, 4.69) is 10.6 Å². The summed E-state index contributed by atoms with van der Waals surface area (Å²) in [5.74, 6) is -0.787. The molecule has 4 nitrogen and oxygen atoms in total. The molecule has 2 N–H and O–H groups in total. The van der Waals surface area contributed by atoms with Crippen molar-refractivity contribution < 1.29 is 9.18 Å². The third-order valence-electron chi connectivity index (χ3n) is 4.04. The molecule has 0 atom stereocenters. The zero-order valence-electron chi connectivity index (χ0n) is 15.0. The van der Waals surface area contributed by atoms with E-state index in [1.165, 1.54) is 18.3 Å². The smallest absolute Gasteiger partial charge is 0.267 e. The van der Waals surface area contributed by atoms with Crippen molar-refractivity contribution in [3.05, 3.63) is 76.7 Å². The standard InChI is InChI=1S/C21H22FN3O/c1-3-16-8-6-9-17(4-2)20(16)25-21(26)18(12-23)14-24-13-15-7-5-10-19(22)11-15/h5-11,14,24H,3-4,13H2,1-2H3,(H,25,26)/b18-14-. The van der Waals surface area contributed by atoms with Gasteiger partial charge in [-0.3, -0.25) is 4.79 Å². The van der Waals surface area contributed by atoms with Gasteiger partial charge >= 0.3 is 0 Å². The van der Waals surface area contributed by atoms with Gasteiger partial charge < -0.3 is 10.6 Å². The number of aryl methyl sites for hydroxylation is 2. The lowest BCUT2D eigenvalue weighted by Gasteiger charge is -2.14. The molecule has 0 saturated carbocycles. The van der Waals surface area contributed by atoms with E-state index in [9.17, 15) is 14.4 Å². The van der Waals surface area contributed by atoms with Crippen molar-refractivity contribution in [1.29, 1.82) is 5.26 Å². The molecule has 0 heterocycles. The number of carbonyl (C=O) groups is 1. The topological polar surface area (TPSA) is 64.9 Å². The Morgan fingerprint density at radius 3 is 2.38 bits per heavy atom. The lowest BCUT2D eigenvalue weighted by atomic mass is 10.0. The van der Waals surface area contributed by atoms with E-state index >= 15 is 0 Å². The monoisotopic (exact) mass is 351 g/mol. The van der Waals surface area contributed by atoms with Gasteiger partial charge in [0.05, 0.1) is 0 Å². The number of rotatable bonds is 7. The van der Waals surface area contributed by atoms with E-state index in [4.69, 9.17) is 0 Å². The summed E-state index contributed by atoms with van der Waals surface area (Å²) in [6.45, 7) is 4.36. The average molecular weight is 351 g/mol. The summed E-state index contributed by atoms with van der Waals surface area (Å²) in [7, 11) is 0. The summed E-state index contributed by atoms with van der Waals surface area (Å²) in [4.78, 5) is 12.5. The van der Waals surface area contributed by atoms with Gasteiger partial charge in [0.1, 0.15) is 17.5 Å². The minimum absolute atomic E-state index is 0.0330. The van der Waals surface area contributed by atoms with Gasteiger partial charge in [-0.1, -0.05) is 44.2 Å². The quantitative estimate of drug-likeness (QED) is 0.583. The fourth-order valence-corrected chi connectivity index (χ4v) is 2.65. The summed E-state index contributed by atoms with van der Waals surface area (Å²) in [5.41, 5.74) is 3.53. The normalized spacial score (nSPS) is 10.9. The first-order valence-electron chi connectivity index (χ1n) is 8.59. The molecule has 2 aromatic carbocycles. The van der Waals surface area contributed by atoms with Crippen LogP contribution in [0.3, 0.4) is 0 Å².